The Hall–Kier alpha value is -1.24. The first kappa shape index (κ1) is 12.2. The van der Waals surface area contributed by atoms with Gasteiger partial charge in [-0.25, -0.2) is 4.79 Å². The number of fused-ring (bicyclic) bond motifs is 1. The van der Waals surface area contributed by atoms with Crippen LogP contribution in [0.2, 0.25) is 0 Å². The number of esters is 1. The monoisotopic (exact) mass is 259 g/mol. The van der Waals surface area contributed by atoms with E-state index in [0.717, 1.165) is 0 Å². The maximum absolute atomic E-state index is 11.9. The average molecular weight is 259 g/mol. The molecule has 94 valence electrons. The zero-order chi connectivity index (χ0) is 12.8. The average Bonchev–Trinajstić information content (AvgIpc) is 2.48. The summed E-state index contributed by atoms with van der Waals surface area (Å²) in [4.78, 5) is 35.8. The molecule has 3 atom stereocenters. The number of aliphatic carboxylic acids is 1. The standard InChI is InChI=1S/C10H13NO5S/c1-3-16-9(15)10(2)7(8(13)14)11-5(12)4-6(11)17-10/h6-7H,3-4H2,1-2H3,(H,13,14)/t6-,7+,10-/m1/s1. The van der Waals surface area contributed by atoms with Crippen LogP contribution >= 0.6 is 11.8 Å². The molecule has 2 saturated heterocycles. The first-order valence-electron chi connectivity index (χ1n) is 5.30. The van der Waals surface area contributed by atoms with Crippen LogP contribution in [-0.2, 0) is 19.1 Å². The molecule has 0 spiro atoms. The molecule has 2 aliphatic heterocycles. The van der Waals surface area contributed by atoms with Gasteiger partial charge in [0.25, 0.3) is 0 Å². The van der Waals surface area contributed by atoms with Crippen molar-refractivity contribution in [2.24, 2.45) is 0 Å². The predicted molar refractivity (Wildman–Crippen MR) is 59.3 cm³/mol. The molecule has 0 aromatic carbocycles. The van der Waals surface area contributed by atoms with Crippen molar-refractivity contribution < 1.29 is 24.2 Å². The number of ether oxygens (including phenoxy) is 1. The number of carbonyl (C=O) groups excluding carboxylic acids is 2. The summed E-state index contributed by atoms with van der Waals surface area (Å²) in [7, 11) is 0. The Morgan fingerprint density at radius 2 is 2.29 bits per heavy atom. The van der Waals surface area contributed by atoms with Crippen LogP contribution in [0.4, 0.5) is 0 Å². The molecule has 2 heterocycles. The SMILES string of the molecule is CCOC(=O)[C@]1(C)S[C@@H]2CC(=O)N2[C@H]1C(=O)O. The molecule has 0 aromatic rings. The molecule has 0 saturated carbocycles. The summed E-state index contributed by atoms with van der Waals surface area (Å²) in [6.45, 7) is 3.39. The lowest BCUT2D eigenvalue weighted by Gasteiger charge is -2.36. The molecule has 2 rings (SSSR count). The molecule has 2 fully saturated rings. The van der Waals surface area contributed by atoms with Crippen molar-refractivity contribution in [2.75, 3.05) is 6.61 Å². The minimum Gasteiger partial charge on any atom is -0.480 e. The summed E-state index contributed by atoms with van der Waals surface area (Å²) in [5, 5.41) is 8.98. The van der Waals surface area contributed by atoms with E-state index >= 15 is 0 Å². The third-order valence-electron chi connectivity index (χ3n) is 3.04. The number of carboxylic acid groups (broad SMARTS) is 1. The smallest absolute Gasteiger partial charge is 0.328 e. The van der Waals surface area contributed by atoms with Crippen molar-refractivity contribution in [3.05, 3.63) is 0 Å². The Labute approximate surface area is 102 Å². The van der Waals surface area contributed by atoms with E-state index in [-0.39, 0.29) is 17.9 Å². The van der Waals surface area contributed by atoms with Crippen LogP contribution < -0.4 is 0 Å². The van der Waals surface area contributed by atoms with Gasteiger partial charge in [0.2, 0.25) is 5.91 Å². The number of β-lactam (4-membered cyclic amide) rings is 1. The van der Waals surface area contributed by atoms with Crippen molar-refractivity contribution in [3.8, 4) is 0 Å². The number of carbonyl (C=O) groups is 3. The number of hydrogen-bond donors (Lipinski definition) is 1. The number of amides is 1. The third-order valence-corrected chi connectivity index (χ3v) is 4.59. The molecule has 17 heavy (non-hydrogen) atoms. The molecule has 0 aromatic heterocycles. The highest BCUT2D eigenvalue weighted by atomic mass is 32.2. The van der Waals surface area contributed by atoms with Crippen LogP contribution in [0, 0.1) is 0 Å². The van der Waals surface area contributed by atoms with Crippen molar-refractivity contribution in [1.29, 1.82) is 0 Å². The summed E-state index contributed by atoms with van der Waals surface area (Å²) in [5.41, 5.74) is 0. The first-order valence-corrected chi connectivity index (χ1v) is 6.18. The van der Waals surface area contributed by atoms with E-state index in [1.54, 1.807) is 6.92 Å². The van der Waals surface area contributed by atoms with Gasteiger partial charge in [-0.05, 0) is 13.8 Å². The van der Waals surface area contributed by atoms with E-state index in [4.69, 9.17) is 4.74 Å². The molecular formula is C10H13NO5S. The Bertz CT molecular complexity index is 398. The van der Waals surface area contributed by atoms with Crippen molar-refractivity contribution in [3.63, 3.8) is 0 Å². The number of nitrogens with zero attached hydrogens (tertiary/aromatic N) is 1. The largest absolute Gasteiger partial charge is 0.480 e. The van der Waals surface area contributed by atoms with Gasteiger partial charge in [-0.1, -0.05) is 0 Å². The fourth-order valence-electron chi connectivity index (χ4n) is 2.21. The van der Waals surface area contributed by atoms with Crippen LogP contribution in [-0.4, -0.2) is 50.6 Å². The Balaban J connectivity index is 2.30. The zero-order valence-electron chi connectivity index (χ0n) is 9.50. The fourth-order valence-corrected chi connectivity index (χ4v) is 3.85. The maximum atomic E-state index is 11.9. The second-order valence-electron chi connectivity index (χ2n) is 4.15. The van der Waals surface area contributed by atoms with Gasteiger partial charge in [-0.3, -0.25) is 9.59 Å². The fraction of sp³-hybridized carbons (Fsp3) is 0.700. The quantitative estimate of drug-likeness (QED) is 0.570. The number of hydrogen-bond acceptors (Lipinski definition) is 5. The molecule has 1 N–H and O–H groups in total. The van der Waals surface area contributed by atoms with Crippen molar-refractivity contribution in [1.82, 2.24) is 4.90 Å². The topological polar surface area (TPSA) is 83.9 Å². The van der Waals surface area contributed by atoms with Crippen LogP contribution in [0.5, 0.6) is 0 Å². The lowest BCUT2D eigenvalue weighted by molar-refractivity contribution is -0.162. The molecule has 7 heteroatoms. The lowest BCUT2D eigenvalue weighted by Crippen LogP contribution is -2.59. The van der Waals surface area contributed by atoms with E-state index in [1.807, 2.05) is 0 Å². The molecular weight excluding hydrogens is 246 g/mol. The van der Waals surface area contributed by atoms with Gasteiger partial charge in [0.1, 0.15) is 4.75 Å². The first-order chi connectivity index (χ1) is 7.91. The van der Waals surface area contributed by atoms with E-state index in [9.17, 15) is 19.5 Å². The van der Waals surface area contributed by atoms with E-state index in [0.29, 0.717) is 6.42 Å². The minimum atomic E-state index is -1.21. The number of thioether (sulfide) groups is 1. The van der Waals surface area contributed by atoms with Crippen LogP contribution in [0.3, 0.4) is 0 Å². The molecule has 2 aliphatic rings. The maximum Gasteiger partial charge on any atom is 0.328 e. The summed E-state index contributed by atoms with van der Waals surface area (Å²) < 4.78 is 3.70. The van der Waals surface area contributed by atoms with Crippen molar-refractivity contribution >= 4 is 29.6 Å². The highest BCUT2D eigenvalue weighted by Crippen LogP contribution is 2.51. The summed E-state index contributed by atoms with van der Waals surface area (Å²) >= 11 is 1.20. The highest BCUT2D eigenvalue weighted by molar-refractivity contribution is 8.02. The van der Waals surface area contributed by atoms with Gasteiger partial charge >= 0.3 is 11.9 Å². The Morgan fingerprint density at radius 3 is 2.76 bits per heavy atom. The number of rotatable bonds is 3. The van der Waals surface area contributed by atoms with Gasteiger partial charge in [-0.2, -0.15) is 0 Å². The number of carboxylic acids is 1. The molecule has 0 bridgehead atoms. The summed E-state index contributed by atoms with van der Waals surface area (Å²) in [5.74, 6) is -1.95. The summed E-state index contributed by atoms with van der Waals surface area (Å²) in [6.07, 6.45) is 0.295. The highest BCUT2D eigenvalue weighted by Gasteiger charge is 2.64. The van der Waals surface area contributed by atoms with Gasteiger partial charge in [0, 0.05) is 0 Å². The molecule has 0 radical (unpaired) electrons. The van der Waals surface area contributed by atoms with Gasteiger partial charge in [-0.15, -0.1) is 11.8 Å². The van der Waals surface area contributed by atoms with Crippen LogP contribution in [0.25, 0.3) is 0 Å². The van der Waals surface area contributed by atoms with Crippen molar-refractivity contribution in [2.45, 2.75) is 36.4 Å². The second kappa shape index (κ2) is 3.90. The summed E-state index contributed by atoms with van der Waals surface area (Å²) in [6, 6.07) is -1.13. The van der Waals surface area contributed by atoms with Gasteiger partial charge in [0.15, 0.2) is 6.04 Å². The second-order valence-corrected chi connectivity index (χ2v) is 5.77. The van der Waals surface area contributed by atoms with E-state index in [1.165, 1.54) is 23.6 Å². The Kier molecular flexibility index (Phi) is 2.81. The van der Waals surface area contributed by atoms with E-state index in [2.05, 4.69) is 0 Å². The molecule has 0 unspecified atom stereocenters. The Morgan fingerprint density at radius 1 is 1.65 bits per heavy atom. The predicted octanol–water partition coefficient (Wildman–Crippen LogP) is 0.0666. The van der Waals surface area contributed by atoms with Gasteiger partial charge < -0.3 is 14.7 Å². The third kappa shape index (κ3) is 1.60. The van der Waals surface area contributed by atoms with Crippen LogP contribution in [0.1, 0.15) is 20.3 Å². The molecule has 0 aliphatic carbocycles. The lowest BCUT2D eigenvalue weighted by atomic mass is 9.96. The minimum absolute atomic E-state index is 0.194. The zero-order valence-corrected chi connectivity index (χ0v) is 10.3. The normalized spacial score (nSPS) is 35.2. The molecule has 1 amide bonds. The molecule has 6 nitrogen and oxygen atoms in total. The van der Waals surface area contributed by atoms with Gasteiger partial charge in [0.05, 0.1) is 18.4 Å². The van der Waals surface area contributed by atoms with E-state index < -0.39 is 22.7 Å². The van der Waals surface area contributed by atoms with Crippen LogP contribution in [0.15, 0.2) is 0 Å².